The van der Waals surface area contributed by atoms with E-state index < -0.39 is 0 Å². The summed E-state index contributed by atoms with van der Waals surface area (Å²) in [5, 5.41) is 6.01. The van der Waals surface area contributed by atoms with Crippen LogP contribution in [0.3, 0.4) is 0 Å². The number of nitrogens with zero attached hydrogens (tertiary/aromatic N) is 1. The zero-order chi connectivity index (χ0) is 17.5. The van der Waals surface area contributed by atoms with E-state index in [0.717, 1.165) is 18.7 Å². The van der Waals surface area contributed by atoms with Gasteiger partial charge in [0, 0.05) is 31.7 Å². The Morgan fingerprint density at radius 2 is 1.52 bits per heavy atom. The van der Waals surface area contributed by atoms with Crippen molar-refractivity contribution < 1.29 is 9.59 Å². The van der Waals surface area contributed by atoms with E-state index in [0.29, 0.717) is 24.4 Å². The fourth-order valence-corrected chi connectivity index (χ4v) is 2.69. The number of piperazine rings is 1. The minimum atomic E-state index is -0.286. The number of nitrogens with one attached hydrogen (secondary N) is 2. The van der Waals surface area contributed by atoms with E-state index in [9.17, 15) is 9.59 Å². The van der Waals surface area contributed by atoms with E-state index in [1.165, 1.54) is 0 Å². The minimum Gasteiger partial charge on any atom is -0.335 e. The van der Waals surface area contributed by atoms with Crippen molar-refractivity contribution in [1.82, 2.24) is 15.5 Å². The molecule has 25 heavy (non-hydrogen) atoms. The van der Waals surface area contributed by atoms with Gasteiger partial charge in [0.25, 0.3) is 11.8 Å². The minimum absolute atomic E-state index is 0.158. The summed E-state index contributed by atoms with van der Waals surface area (Å²) in [5.74, 6) is -0.444. The largest absolute Gasteiger partial charge is 0.335 e. The van der Waals surface area contributed by atoms with Crippen molar-refractivity contribution >= 4 is 17.9 Å². The first kappa shape index (κ1) is 16.9. The van der Waals surface area contributed by atoms with Crippen LogP contribution in [0.5, 0.6) is 0 Å². The number of carbonyl (C=O) groups excluding carboxylic acids is 2. The van der Waals surface area contributed by atoms with E-state index in [4.69, 9.17) is 0 Å². The molecule has 1 heterocycles. The smallest absolute Gasteiger partial charge is 0.270 e. The molecule has 0 spiro atoms. The lowest BCUT2D eigenvalue weighted by atomic mass is 10.1. The summed E-state index contributed by atoms with van der Waals surface area (Å²) in [5.41, 5.74) is 1.69. The van der Waals surface area contributed by atoms with Gasteiger partial charge in [-0.3, -0.25) is 9.59 Å². The molecule has 1 fully saturated rings. The highest BCUT2D eigenvalue weighted by atomic mass is 16.2. The Labute approximate surface area is 147 Å². The molecule has 1 saturated heterocycles. The summed E-state index contributed by atoms with van der Waals surface area (Å²) in [6.45, 7) is 2.78. The molecule has 0 bridgehead atoms. The molecule has 0 aromatic heterocycles. The van der Waals surface area contributed by atoms with Crippen LogP contribution < -0.4 is 10.6 Å². The SMILES string of the molecule is O=C(N/C(=C\c1ccccc1)C(=O)N1CCNCC1)c1ccccc1. The van der Waals surface area contributed by atoms with Crippen molar-refractivity contribution in [3.63, 3.8) is 0 Å². The van der Waals surface area contributed by atoms with Gasteiger partial charge >= 0.3 is 0 Å². The zero-order valence-corrected chi connectivity index (χ0v) is 13.9. The second-order valence-corrected chi connectivity index (χ2v) is 5.83. The highest BCUT2D eigenvalue weighted by Crippen LogP contribution is 2.10. The highest BCUT2D eigenvalue weighted by Gasteiger charge is 2.22. The Morgan fingerprint density at radius 1 is 0.920 bits per heavy atom. The van der Waals surface area contributed by atoms with Crippen LogP contribution in [0.1, 0.15) is 15.9 Å². The summed E-state index contributed by atoms with van der Waals surface area (Å²) in [6.07, 6.45) is 1.73. The molecule has 1 aliphatic rings. The van der Waals surface area contributed by atoms with Gasteiger partial charge in [-0.05, 0) is 23.8 Å². The molecule has 2 amide bonds. The van der Waals surface area contributed by atoms with Gasteiger partial charge in [0.1, 0.15) is 5.70 Å². The Hall–Kier alpha value is -2.92. The van der Waals surface area contributed by atoms with Gasteiger partial charge in [0.05, 0.1) is 0 Å². The Bertz CT molecular complexity index is 751. The van der Waals surface area contributed by atoms with Crippen LogP contribution in [-0.2, 0) is 4.79 Å². The van der Waals surface area contributed by atoms with E-state index in [2.05, 4.69) is 10.6 Å². The average Bonchev–Trinajstić information content (AvgIpc) is 2.69. The van der Waals surface area contributed by atoms with Crippen molar-refractivity contribution in [3.05, 3.63) is 77.5 Å². The Kier molecular flexibility index (Phi) is 5.59. The van der Waals surface area contributed by atoms with Gasteiger partial charge in [-0.15, -0.1) is 0 Å². The molecule has 0 radical (unpaired) electrons. The molecule has 0 saturated carbocycles. The predicted molar refractivity (Wildman–Crippen MR) is 97.8 cm³/mol. The molecule has 3 rings (SSSR count). The van der Waals surface area contributed by atoms with Crippen LogP contribution in [0.25, 0.3) is 6.08 Å². The normalized spacial score (nSPS) is 14.9. The van der Waals surface area contributed by atoms with Crippen LogP contribution in [0.4, 0.5) is 0 Å². The summed E-state index contributed by atoms with van der Waals surface area (Å²) < 4.78 is 0. The zero-order valence-electron chi connectivity index (χ0n) is 13.9. The predicted octanol–water partition coefficient (Wildman–Crippen LogP) is 1.89. The molecule has 0 unspecified atom stereocenters. The molecular formula is C20H21N3O2. The second kappa shape index (κ2) is 8.26. The molecular weight excluding hydrogens is 314 g/mol. The van der Waals surface area contributed by atoms with E-state index in [-0.39, 0.29) is 11.8 Å². The van der Waals surface area contributed by atoms with Crippen molar-refractivity contribution in [3.8, 4) is 0 Å². The third kappa shape index (κ3) is 4.55. The standard InChI is InChI=1S/C20H21N3O2/c24-19(17-9-5-2-6-10-17)22-18(15-16-7-3-1-4-8-16)20(25)23-13-11-21-12-14-23/h1-10,15,21H,11-14H2,(H,22,24)/b18-15-. The summed E-state index contributed by atoms with van der Waals surface area (Å²) >= 11 is 0. The first-order valence-electron chi connectivity index (χ1n) is 8.37. The molecule has 5 nitrogen and oxygen atoms in total. The number of carbonyl (C=O) groups is 2. The first-order chi connectivity index (χ1) is 12.2. The summed E-state index contributed by atoms with van der Waals surface area (Å²) in [4.78, 5) is 27.1. The lowest BCUT2D eigenvalue weighted by Crippen LogP contribution is -2.48. The Morgan fingerprint density at radius 3 is 2.16 bits per heavy atom. The molecule has 0 atom stereocenters. The maximum Gasteiger partial charge on any atom is 0.270 e. The molecule has 0 aliphatic carbocycles. The lowest BCUT2D eigenvalue weighted by molar-refractivity contribution is -0.127. The van der Waals surface area contributed by atoms with Crippen molar-refractivity contribution in [2.75, 3.05) is 26.2 Å². The third-order valence-corrected chi connectivity index (χ3v) is 4.03. The third-order valence-electron chi connectivity index (χ3n) is 4.03. The molecule has 128 valence electrons. The van der Waals surface area contributed by atoms with Gasteiger partial charge in [-0.2, -0.15) is 0 Å². The topological polar surface area (TPSA) is 61.4 Å². The van der Waals surface area contributed by atoms with E-state index >= 15 is 0 Å². The number of benzene rings is 2. The van der Waals surface area contributed by atoms with Crippen LogP contribution in [0.2, 0.25) is 0 Å². The van der Waals surface area contributed by atoms with Gasteiger partial charge in [-0.1, -0.05) is 48.5 Å². The quantitative estimate of drug-likeness (QED) is 0.839. The first-order valence-corrected chi connectivity index (χ1v) is 8.37. The van der Waals surface area contributed by atoms with Crippen LogP contribution in [-0.4, -0.2) is 42.9 Å². The molecule has 5 heteroatoms. The average molecular weight is 335 g/mol. The number of hydrogen-bond acceptors (Lipinski definition) is 3. The van der Waals surface area contributed by atoms with Crippen LogP contribution in [0.15, 0.2) is 66.4 Å². The lowest BCUT2D eigenvalue weighted by Gasteiger charge is -2.28. The van der Waals surface area contributed by atoms with Crippen molar-refractivity contribution in [1.29, 1.82) is 0 Å². The summed E-state index contributed by atoms with van der Waals surface area (Å²) in [6, 6.07) is 18.4. The maximum absolute atomic E-state index is 12.9. The number of hydrogen-bond donors (Lipinski definition) is 2. The van der Waals surface area contributed by atoms with Crippen molar-refractivity contribution in [2.24, 2.45) is 0 Å². The molecule has 2 aromatic rings. The molecule has 1 aliphatic heterocycles. The van der Waals surface area contributed by atoms with Crippen LogP contribution in [0, 0.1) is 0 Å². The number of rotatable bonds is 4. The molecule has 2 aromatic carbocycles. The second-order valence-electron chi connectivity index (χ2n) is 5.83. The van der Waals surface area contributed by atoms with E-state index in [1.54, 1.807) is 35.2 Å². The summed E-state index contributed by atoms with van der Waals surface area (Å²) in [7, 11) is 0. The van der Waals surface area contributed by atoms with Crippen LogP contribution >= 0.6 is 0 Å². The van der Waals surface area contributed by atoms with Crippen molar-refractivity contribution in [2.45, 2.75) is 0 Å². The van der Waals surface area contributed by atoms with E-state index in [1.807, 2.05) is 36.4 Å². The van der Waals surface area contributed by atoms with Gasteiger partial charge in [0.2, 0.25) is 0 Å². The monoisotopic (exact) mass is 335 g/mol. The van der Waals surface area contributed by atoms with Gasteiger partial charge < -0.3 is 15.5 Å². The van der Waals surface area contributed by atoms with Gasteiger partial charge in [0.15, 0.2) is 0 Å². The molecule has 2 N–H and O–H groups in total. The maximum atomic E-state index is 12.9. The fourth-order valence-electron chi connectivity index (χ4n) is 2.69. The number of amides is 2. The Balaban J connectivity index is 1.85. The highest BCUT2D eigenvalue weighted by molar-refractivity contribution is 6.05. The van der Waals surface area contributed by atoms with Gasteiger partial charge in [-0.25, -0.2) is 0 Å². The fraction of sp³-hybridized carbons (Fsp3) is 0.200.